The maximum atomic E-state index is 5.49. The Morgan fingerprint density at radius 3 is 3.20 bits per heavy atom. The summed E-state index contributed by atoms with van der Waals surface area (Å²) in [5.41, 5.74) is 0. The molecule has 0 aromatic carbocycles. The van der Waals surface area contributed by atoms with E-state index in [1.165, 1.54) is 12.8 Å². The van der Waals surface area contributed by atoms with Crippen molar-refractivity contribution in [3.63, 3.8) is 0 Å². The molecule has 110 valence electrons. The average molecular weight is 277 g/mol. The minimum absolute atomic E-state index is 0.437. The largest absolute Gasteiger partial charge is 0.380 e. The maximum absolute atomic E-state index is 5.49. The van der Waals surface area contributed by atoms with Crippen molar-refractivity contribution in [2.24, 2.45) is 0 Å². The van der Waals surface area contributed by atoms with Gasteiger partial charge in [0.2, 0.25) is 5.95 Å². The topological polar surface area (TPSA) is 62.3 Å². The van der Waals surface area contributed by atoms with E-state index < -0.39 is 0 Å². The Balaban J connectivity index is 1.65. The van der Waals surface area contributed by atoms with Crippen molar-refractivity contribution in [2.75, 3.05) is 49.6 Å². The smallest absolute Gasteiger partial charge is 0.224 e. The molecule has 2 N–H and O–H groups in total. The highest BCUT2D eigenvalue weighted by atomic mass is 16.5. The van der Waals surface area contributed by atoms with Crippen LogP contribution in [-0.4, -0.2) is 55.4 Å². The van der Waals surface area contributed by atoms with E-state index in [0.29, 0.717) is 6.04 Å². The number of nitrogens with one attached hydrogen (secondary N) is 2. The Kier molecular flexibility index (Phi) is 4.65. The second-order valence-electron chi connectivity index (χ2n) is 5.38. The minimum Gasteiger partial charge on any atom is -0.380 e. The molecule has 6 heteroatoms. The molecule has 6 nitrogen and oxygen atoms in total. The number of hydrogen-bond acceptors (Lipinski definition) is 6. The predicted molar refractivity (Wildman–Crippen MR) is 79.2 cm³/mol. The summed E-state index contributed by atoms with van der Waals surface area (Å²) in [5, 5.41) is 6.83. The fourth-order valence-electron chi connectivity index (χ4n) is 2.73. The van der Waals surface area contributed by atoms with E-state index in [1.807, 2.05) is 12.3 Å². The molecule has 0 spiro atoms. The second kappa shape index (κ2) is 6.85. The Bertz CT molecular complexity index is 414. The molecule has 0 saturated carbocycles. The van der Waals surface area contributed by atoms with Gasteiger partial charge in [0.15, 0.2) is 0 Å². The van der Waals surface area contributed by atoms with Crippen LogP contribution in [0.2, 0.25) is 0 Å². The first-order chi connectivity index (χ1) is 9.92. The first-order valence-electron chi connectivity index (χ1n) is 7.55. The Hall–Kier alpha value is -1.40. The highest BCUT2D eigenvalue weighted by molar-refractivity contribution is 5.43. The average Bonchev–Trinajstić information content (AvgIpc) is 2.78. The van der Waals surface area contributed by atoms with Crippen LogP contribution in [0, 0.1) is 0 Å². The van der Waals surface area contributed by atoms with Crippen molar-refractivity contribution in [1.29, 1.82) is 0 Å². The Labute approximate surface area is 119 Å². The molecule has 1 atom stereocenters. The molecular formula is C14H23N5O. The third-order valence-electron chi connectivity index (χ3n) is 3.82. The van der Waals surface area contributed by atoms with Crippen LogP contribution in [0.3, 0.4) is 0 Å². The van der Waals surface area contributed by atoms with Gasteiger partial charge in [-0.25, -0.2) is 4.98 Å². The van der Waals surface area contributed by atoms with Gasteiger partial charge >= 0.3 is 0 Å². The highest BCUT2D eigenvalue weighted by Gasteiger charge is 2.15. The van der Waals surface area contributed by atoms with Gasteiger partial charge in [-0.2, -0.15) is 4.98 Å². The van der Waals surface area contributed by atoms with E-state index in [0.717, 1.165) is 57.6 Å². The summed E-state index contributed by atoms with van der Waals surface area (Å²) >= 11 is 0. The standard InChI is InChI=1S/C14H23N5O/c1-3-12(11-15-5-1)17-14-16-6-4-13(18-14)19-7-2-9-20-10-8-19/h4,6,12,15H,1-3,5,7-11H2,(H,16,17,18). The van der Waals surface area contributed by atoms with Crippen LogP contribution in [0.15, 0.2) is 12.3 Å². The lowest BCUT2D eigenvalue weighted by Gasteiger charge is -2.25. The van der Waals surface area contributed by atoms with Crippen molar-refractivity contribution >= 4 is 11.8 Å². The predicted octanol–water partition coefficient (Wildman–Crippen LogP) is 0.867. The fourth-order valence-corrected chi connectivity index (χ4v) is 2.73. The molecule has 2 aliphatic rings. The van der Waals surface area contributed by atoms with Crippen LogP contribution >= 0.6 is 0 Å². The molecule has 1 unspecified atom stereocenters. The van der Waals surface area contributed by atoms with Crippen LogP contribution < -0.4 is 15.5 Å². The molecule has 20 heavy (non-hydrogen) atoms. The molecule has 0 aliphatic carbocycles. The van der Waals surface area contributed by atoms with E-state index >= 15 is 0 Å². The Morgan fingerprint density at radius 2 is 2.30 bits per heavy atom. The highest BCUT2D eigenvalue weighted by Crippen LogP contribution is 2.15. The molecule has 2 saturated heterocycles. The molecular weight excluding hydrogens is 254 g/mol. The molecule has 0 bridgehead atoms. The lowest BCUT2D eigenvalue weighted by Crippen LogP contribution is -2.39. The van der Waals surface area contributed by atoms with E-state index in [9.17, 15) is 0 Å². The van der Waals surface area contributed by atoms with Gasteiger partial charge in [-0.3, -0.25) is 0 Å². The normalized spacial score (nSPS) is 24.2. The van der Waals surface area contributed by atoms with Crippen molar-refractivity contribution in [2.45, 2.75) is 25.3 Å². The van der Waals surface area contributed by atoms with Gasteiger partial charge in [-0.1, -0.05) is 0 Å². The third kappa shape index (κ3) is 3.58. The number of aromatic nitrogens is 2. The van der Waals surface area contributed by atoms with Crippen LogP contribution in [0.4, 0.5) is 11.8 Å². The van der Waals surface area contributed by atoms with E-state index in [4.69, 9.17) is 4.74 Å². The number of hydrogen-bond donors (Lipinski definition) is 2. The van der Waals surface area contributed by atoms with Gasteiger partial charge in [-0.05, 0) is 31.9 Å². The summed E-state index contributed by atoms with van der Waals surface area (Å²) in [6, 6.07) is 2.42. The monoisotopic (exact) mass is 277 g/mol. The van der Waals surface area contributed by atoms with Crippen molar-refractivity contribution < 1.29 is 4.74 Å². The first-order valence-corrected chi connectivity index (χ1v) is 7.55. The fraction of sp³-hybridized carbons (Fsp3) is 0.714. The van der Waals surface area contributed by atoms with Gasteiger partial charge in [-0.15, -0.1) is 0 Å². The summed E-state index contributed by atoms with van der Waals surface area (Å²) in [5.74, 6) is 1.73. The Morgan fingerprint density at radius 1 is 1.30 bits per heavy atom. The SMILES string of the molecule is c1cc(N2CCCOCC2)nc(NC2CCCNC2)n1. The zero-order valence-corrected chi connectivity index (χ0v) is 11.8. The summed E-state index contributed by atoms with van der Waals surface area (Å²) in [7, 11) is 0. The van der Waals surface area contributed by atoms with Crippen LogP contribution in [-0.2, 0) is 4.74 Å². The lowest BCUT2D eigenvalue weighted by molar-refractivity contribution is 0.152. The number of piperidine rings is 1. The molecule has 2 aliphatic heterocycles. The zero-order chi connectivity index (χ0) is 13.6. The molecule has 1 aromatic heterocycles. The van der Waals surface area contributed by atoms with E-state index in [-0.39, 0.29) is 0 Å². The summed E-state index contributed by atoms with van der Waals surface area (Å²) < 4.78 is 5.49. The zero-order valence-electron chi connectivity index (χ0n) is 11.8. The van der Waals surface area contributed by atoms with E-state index in [1.54, 1.807) is 0 Å². The number of ether oxygens (including phenoxy) is 1. The summed E-state index contributed by atoms with van der Waals surface area (Å²) in [4.78, 5) is 11.3. The summed E-state index contributed by atoms with van der Waals surface area (Å²) in [6.45, 7) is 5.64. The molecule has 3 rings (SSSR count). The molecule has 3 heterocycles. The van der Waals surface area contributed by atoms with Crippen LogP contribution in [0.1, 0.15) is 19.3 Å². The summed E-state index contributed by atoms with van der Waals surface area (Å²) in [6.07, 6.45) is 5.28. The molecule has 0 amide bonds. The van der Waals surface area contributed by atoms with Crippen LogP contribution in [0.5, 0.6) is 0 Å². The van der Waals surface area contributed by atoms with Crippen molar-refractivity contribution in [1.82, 2.24) is 15.3 Å². The number of anilines is 2. The van der Waals surface area contributed by atoms with Crippen LogP contribution in [0.25, 0.3) is 0 Å². The second-order valence-corrected chi connectivity index (χ2v) is 5.38. The molecule has 1 aromatic rings. The lowest BCUT2D eigenvalue weighted by atomic mass is 10.1. The quantitative estimate of drug-likeness (QED) is 0.855. The van der Waals surface area contributed by atoms with Crippen molar-refractivity contribution in [3.05, 3.63) is 12.3 Å². The van der Waals surface area contributed by atoms with Gasteiger partial charge < -0.3 is 20.3 Å². The van der Waals surface area contributed by atoms with Crippen molar-refractivity contribution in [3.8, 4) is 0 Å². The maximum Gasteiger partial charge on any atom is 0.224 e. The first kappa shape index (κ1) is 13.6. The third-order valence-corrected chi connectivity index (χ3v) is 3.82. The minimum atomic E-state index is 0.437. The van der Waals surface area contributed by atoms with Gasteiger partial charge in [0.1, 0.15) is 5.82 Å². The van der Waals surface area contributed by atoms with E-state index in [2.05, 4.69) is 25.5 Å². The van der Waals surface area contributed by atoms with Gasteiger partial charge in [0, 0.05) is 38.5 Å². The van der Waals surface area contributed by atoms with Gasteiger partial charge in [0.25, 0.3) is 0 Å². The molecule has 0 radical (unpaired) electrons. The molecule has 2 fully saturated rings. The number of rotatable bonds is 3. The van der Waals surface area contributed by atoms with Gasteiger partial charge in [0.05, 0.1) is 6.61 Å². The number of nitrogens with zero attached hydrogens (tertiary/aromatic N) is 3.